The predicted molar refractivity (Wildman–Crippen MR) is 74.7 cm³/mol. The van der Waals surface area contributed by atoms with Gasteiger partial charge in [0.1, 0.15) is 5.82 Å². The molecule has 1 saturated carbocycles. The summed E-state index contributed by atoms with van der Waals surface area (Å²) in [6, 6.07) is 3.90. The van der Waals surface area contributed by atoms with Crippen LogP contribution < -0.4 is 16.4 Å². The highest BCUT2D eigenvalue weighted by Gasteiger charge is 2.30. The molecule has 0 atom stereocenters. The lowest BCUT2D eigenvalue weighted by Crippen LogP contribution is -2.18. The van der Waals surface area contributed by atoms with Crippen molar-refractivity contribution in [1.29, 1.82) is 0 Å². The average molecular weight is 279 g/mol. The van der Waals surface area contributed by atoms with Gasteiger partial charge in [0.05, 0.1) is 11.4 Å². The van der Waals surface area contributed by atoms with Crippen LogP contribution in [0.3, 0.4) is 0 Å². The molecule has 0 bridgehead atoms. The van der Waals surface area contributed by atoms with E-state index in [1.165, 1.54) is 18.2 Å². The Morgan fingerprint density at radius 3 is 2.65 bits per heavy atom. The molecule has 1 aromatic carbocycles. The molecule has 1 aromatic rings. The zero-order chi connectivity index (χ0) is 14.5. The van der Waals surface area contributed by atoms with E-state index in [0.29, 0.717) is 18.7 Å². The molecular weight excluding hydrogens is 261 g/mol. The summed E-state index contributed by atoms with van der Waals surface area (Å²) in [5, 5.41) is 5.32. The molecule has 0 heterocycles. The first kappa shape index (κ1) is 14.5. The number of amides is 2. The Labute approximate surface area is 116 Å². The minimum Gasteiger partial charge on any atom is -0.330 e. The van der Waals surface area contributed by atoms with E-state index in [0.717, 1.165) is 12.8 Å². The lowest BCUT2D eigenvalue weighted by atomic mass is 10.2. The normalized spacial score (nSPS) is 13.9. The number of benzene rings is 1. The zero-order valence-electron chi connectivity index (χ0n) is 11.1. The number of rotatable bonds is 6. The molecule has 0 aliphatic heterocycles. The number of nitrogens with two attached hydrogens (primary N) is 1. The standard InChI is InChI=1S/C14H18FN3O2/c15-10-5-6-11(18-14(20)9-3-4-9)12(8-10)17-13(19)2-1-7-16/h5-6,8-9H,1-4,7,16H2,(H,17,19)(H,18,20). The number of carbonyl (C=O) groups is 2. The Balaban J connectivity index is 2.06. The maximum absolute atomic E-state index is 13.3. The first-order valence-electron chi connectivity index (χ1n) is 6.70. The molecule has 20 heavy (non-hydrogen) atoms. The third-order valence-corrected chi connectivity index (χ3v) is 3.07. The smallest absolute Gasteiger partial charge is 0.227 e. The second kappa shape index (κ2) is 6.47. The zero-order valence-corrected chi connectivity index (χ0v) is 11.1. The summed E-state index contributed by atoms with van der Waals surface area (Å²) in [4.78, 5) is 23.4. The van der Waals surface area contributed by atoms with Crippen LogP contribution in [-0.4, -0.2) is 18.4 Å². The molecule has 1 fully saturated rings. The van der Waals surface area contributed by atoms with Crippen LogP contribution in [0.4, 0.5) is 15.8 Å². The first-order chi connectivity index (χ1) is 9.60. The highest BCUT2D eigenvalue weighted by atomic mass is 19.1. The van der Waals surface area contributed by atoms with Gasteiger partial charge >= 0.3 is 0 Å². The Morgan fingerprint density at radius 2 is 2.00 bits per heavy atom. The molecule has 2 rings (SSSR count). The van der Waals surface area contributed by atoms with Gasteiger partial charge in [-0.1, -0.05) is 0 Å². The van der Waals surface area contributed by atoms with Gasteiger partial charge in [-0.05, 0) is 44.0 Å². The van der Waals surface area contributed by atoms with Gasteiger partial charge in [0.15, 0.2) is 0 Å². The summed E-state index contributed by atoms with van der Waals surface area (Å²) in [7, 11) is 0. The van der Waals surface area contributed by atoms with Crippen LogP contribution in [0, 0.1) is 11.7 Å². The Kier molecular flexibility index (Phi) is 4.68. The minimum absolute atomic E-state index is 0.0424. The van der Waals surface area contributed by atoms with E-state index in [1.54, 1.807) is 0 Å². The van der Waals surface area contributed by atoms with Crippen LogP contribution in [0.5, 0.6) is 0 Å². The van der Waals surface area contributed by atoms with E-state index in [9.17, 15) is 14.0 Å². The van der Waals surface area contributed by atoms with E-state index in [1.807, 2.05) is 0 Å². The maximum Gasteiger partial charge on any atom is 0.227 e. The summed E-state index contributed by atoms with van der Waals surface area (Å²) in [6.45, 7) is 0.418. The average Bonchev–Trinajstić information content (AvgIpc) is 3.23. The lowest BCUT2D eigenvalue weighted by molar-refractivity contribution is -0.117. The highest BCUT2D eigenvalue weighted by molar-refractivity contribution is 6.00. The molecule has 2 amide bonds. The summed E-state index contributed by atoms with van der Waals surface area (Å²) in [6.07, 6.45) is 2.59. The molecule has 0 spiro atoms. The van der Waals surface area contributed by atoms with Gasteiger partial charge in [0, 0.05) is 12.3 Å². The van der Waals surface area contributed by atoms with Crippen LogP contribution in [0.25, 0.3) is 0 Å². The minimum atomic E-state index is -0.469. The molecule has 0 radical (unpaired) electrons. The number of hydrogen-bond acceptors (Lipinski definition) is 3. The molecule has 1 aliphatic carbocycles. The van der Waals surface area contributed by atoms with Crippen molar-refractivity contribution in [3.8, 4) is 0 Å². The van der Waals surface area contributed by atoms with Crippen molar-refractivity contribution in [3.63, 3.8) is 0 Å². The number of halogens is 1. The third-order valence-electron chi connectivity index (χ3n) is 3.07. The van der Waals surface area contributed by atoms with E-state index < -0.39 is 5.82 Å². The number of carbonyl (C=O) groups excluding carboxylic acids is 2. The van der Waals surface area contributed by atoms with Crippen molar-refractivity contribution in [3.05, 3.63) is 24.0 Å². The predicted octanol–water partition coefficient (Wildman–Crippen LogP) is 1.85. The second-order valence-electron chi connectivity index (χ2n) is 4.89. The van der Waals surface area contributed by atoms with Gasteiger partial charge < -0.3 is 16.4 Å². The third kappa shape index (κ3) is 4.03. The molecule has 0 aromatic heterocycles. The van der Waals surface area contributed by atoms with Crippen LogP contribution in [0.2, 0.25) is 0 Å². The number of nitrogens with one attached hydrogen (secondary N) is 2. The lowest BCUT2D eigenvalue weighted by Gasteiger charge is -2.12. The SMILES string of the molecule is NCCCC(=O)Nc1cc(F)ccc1NC(=O)C1CC1. The fraction of sp³-hybridized carbons (Fsp3) is 0.429. The van der Waals surface area contributed by atoms with Gasteiger partial charge in [0.2, 0.25) is 11.8 Å². The molecule has 4 N–H and O–H groups in total. The van der Waals surface area contributed by atoms with Crippen molar-refractivity contribution in [1.82, 2.24) is 0 Å². The highest BCUT2D eigenvalue weighted by Crippen LogP contribution is 2.31. The van der Waals surface area contributed by atoms with Crippen molar-refractivity contribution < 1.29 is 14.0 Å². The summed E-state index contributed by atoms with van der Waals surface area (Å²) in [5.41, 5.74) is 6.03. The van der Waals surface area contributed by atoms with Crippen LogP contribution in [0.1, 0.15) is 25.7 Å². The second-order valence-corrected chi connectivity index (χ2v) is 4.89. The van der Waals surface area contributed by atoms with Crippen LogP contribution in [-0.2, 0) is 9.59 Å². The molecule has 1 aliphatic rings. The number of hydrogen-bond donors (Lipinski definition) is 3. The quantitative estimate of drug-likeness (QED) is 0.743. The van der Waals surface area contributed by atoms with E-state index >= 15 is 0 Å². The fourth-order valence-electron chi connectivity index (χ4n) is 1.78. The molecule has 108 valence electrons. The van der Waals surface area contributed by atoms with Gasteiger partial charge in [-0.25, -0.2) is 4.39 Å². The van der Waals surface area contributed by atoms with Crippen LogP contribution in [0.15, 0.2) is 18.2 Å². The van der Waals surface area contributed by atoms with Crippen molar-refractivity contribution in [2.45, 2.75) is 25.7 Å². The number of anilines is 2. The van der Waals surface area contributed by atoms with Gasteiger partial charge in [0.25, 0.3) is 0 Å². The Bertz CT molecular complexity index is 515. The van der Waals surface area contributed by atoms with Gasteiger partial charge in [-0.15, -0.1) is 0 Å². The Morgan fingerprint density at radius 1 is 1.25 bits per heavy atom. The Hall–Kier alpha value is -1.95. The molecule has 0 unspecified atom stereocenters. The fourth-order valence-corrected chi connectivity index (χ4v) is 1.78. The first-order valence-corrected chi connectivity index (χ1v) is 6.70. The van der Waals surface area contributed by atoms with Gasteiger partial charge in [-0.3, -0.25) is 9.59 Å². The van der Waals surface area contributed by atoms with Crippen molar-refractivity contribution >= 4 is 23.2 Å². The molecule has 5 nitrogen and oxygen atoms in total. The monoisotopic (exact) mass is 279 g/mol. The van der Waals surface area contributed by atoms with E-state index in [-0.39, 0.29) is 29.8 Å². The molecular formula is C14H18FN3O2. The van der Waals surface area contributed by atoms with E-state index in [2.05, 4.69) is 10.6 Å². The summed E-state index contributed by atoms with van der Waals surface area (Å²) < 4.78 is 13.3. The summed E-state index contributed by atoms with van der Waals surface area (Å²) in [5.74, 6) is -0.763. The van der Waals surface area contributed by atoms with Crippen LogP contribution >= 0.6 is 0 Å². The van der Waals surface area contributed by atoms with Crippen molar-refractivity contribution in [2.24, 2.45) is 11.7 Å². The summed E-state index contributed by atoms with van der Waals surface area (Å²) >= 11 is 0. The van der Waals surface area contributed by atoms with Gasteiger partial charge in [-0.2, -0.15) is 0 Å². The van der Waals surface area contributed by atoms with Crippen molar-refractivity contribution in [2.75, 3.05) is 17.2 Å². The largest absolute Gasteiger partial charge is 0.330 e. The topological polar surface area (TPSA) is 84.2 Å². The van der Waals surface area contributed by atoms with E-state index in [4.69, 9.17) is 5.73 Å². The molecule has 6 heteroatoms. The maximum atomic E-state index is 13.3. The molecule has 0 saturated heterocycles.